The second-order valence-electron chi connectivity index (χ2n) is 9.41. The van der Waals surface area contributed by atoms with Crippen LogP contribution in [0.15, 0.2) is 84.1 Å². The number of hydrogen-bond donors (Lipinski definition) is 4. The van der Waals surface area contributed by atoms with Crippen LogP contribution in [0.1, 0.15) is 47.1 Å². The summed E-state index contributed by atoms with van der Waals surface area (Å²) in [5.41, 5.74) is 5.74. The topological polar surface area (TPSA) is 108 Å². The Labute approximate surface area is 208 Å². The van der Waals surface area contributed by atoms with E-state index in [0.717, 1.165) is 34.0 Å². The number of nitrogens with zero attached hydrogens (tertiary/aromatic N) is 2. The van der Waals surface area contributed by atoms with Crippen molar-refractivity contribution in [2.75, 3.05) is 5.32 Å². The lowest BCUT2D eigenvalue weighted by Gasteiger charge is -2.36. The fraction of sp³-hybridized carbons (Fsp3) is 0.172. The monoisotopic (exact) mass is 479 g/mol. The smallest absolute Gasteiger partial charge is 0.162 e. The Bertz CT molecular complexity index is 1520. The average Bonchev–Trinajstić information content (AvgIpc) is 3.21. The molecule has 0 spiro atoms. The number of carbonyl (C=O) groups excluding carboxylic acids is 1. The first-order chi connectivity index (χ1) is 17.4. The number of para-hydroxylation sites is 1. The highest BCUT2D eigenvalue weighted by atomic mass is 16.3. The zero-order valence-corrected chi connectivity index (χ0v) is 19.6. The van der Waals surface area contributed by atoms with E-state index in [9.17, 15) is 20.1 Å². The summed E-state index contributed by atoms with van der Waals surface area (Å²) in [6, 6.07) is 21.5. The maximum Gasteiger partial charge on any atom is 0.162 e. The third-order valence-electron chi connectivity index (χ3n) is 7.16. The van der Waals surface area contributed by atoms with Crippen LogP contribution in [0.4, 0.5) is 5.82 Å². The predicted octanol–water partition coefficient (Wildman–Crippen LogP) is 5.26. The quantitative estimate of drug-likeness (QED) is 0.299. The van der Waals surface area contributed by atoms with Gasteiger partial charge in [-0.05, 0) is 66.8 Å². The minimum absolute atomic E-state index is 0.0249. The minimum Gasteiger partial charge on any atom is -0.508 e. The number of hydrogen-bond acceptors (Lipinski definition) is 6. The normalized spacial score (nSPS) is 19.0. The summed E-state index contributed by atoms with van der Waals surface area (Å²) in [4.78, 5) is 13.7. The molecule has 7 heteroatoms. The largest absolute Gasteiger partial charge is 0.508 e. The number of Topliss-reactive ketones (excluding diaryl/α,β-unsaturated/α-hetero) is 1. The van der Waals surface area contributed by atoms with Gasteiger partial charge in [-0.3, -0.25) is 4.79 Å². The standard InChI is InChI=1S/C29H25N3O4/c1-16-26-27(18-9-12-23(34)24(35)14-18)28-22(30-29(26)32(31-16)20-5-3-2-4-6-20)13-19(15-25(28)36)17-7-10-21(33)11-8-17/h2-12,14,19,27,30,33-35H,13,15H2,1H3/t19-,27-/m0/s1. The Balaban J connectivity index is 1.53. The van der Waals surface area contributed by atoms with Gasteiger partial charge < -0.3 is 20.6 Å². The first kappa shape index (κ1) is 22.0. The molecular formula is C29H25N3O4. The number of phenols is 3. The Kier molecular flexibility index (Phi) is 5.07. The molecule has 36 heavy (non-hydrogen) atoms. The number of aryl methyl sites for hydroxylation is 1. The first-order valence-corrected chi connectivity index (χ1v) is 11.9. The van der Waals surface area contributed by atoms with E-state index in [2.05, 4.69) is 5.32 Å². The number of carbonyl (C=O) groups is 1. The van der Waals surface area contributed by atoms with E-state index >= 15 is 0 Å². The summed E-state index contributed by atoms with van der Waals surface area (Å²) in [6.45, 7) is 1.92. The molecule has 1 aliphatic heterocycles. The highest BCUT2D eigenvalue weighted by Crippen LogP contribution is 2.50. The van der Waals surface area contributed by atoms with Crippen molar-refractivity contribution in [3.8, 4) is 22.9 Å². The molecule has 4 aromatic rings. The summed E-state index contributed by atoms with van der Waals surface area (Å²) in [7, 11) is 0. The summed E-state index contributed by atoms with van der Waals surface area (Å²) in [6.07, 6.45) is 0.956. The third kappa shape index (κ3) is 3.51. The molecule has 2 heterocycles. The Hall–Kier alpha value is -4.52. The van der Waals surface area contributed by atoms with Gasteiger partial charge in [0.25, 0.3) is 0 Å². The lowest BCUT2D eigenvalue weighted by molar-refractivity contribution is -0.116. The Morgan fingerprint density at radius 3 is 2.33 bits per heavy atom. The van der Waals surface area contributed by atoms with Crippen LogP contribution < -0.4 is 5.32 Å². The van der Waals surface area contributed by atoms with Gasteiger partial charge in [-0.15, -0.1) is 0 Å². The summed E-state index contributed by atoms with van der Waals surface area (Å²) in [5, 5.41) is 38.3. The van der Waals surface area contributed by atoms with Gasteiger partial charge >= 0.3 is 0 Å². The SMILES string of the molecule is Cc1nn(-c2ccccc2)c2c1[C@H](c1ccc(O)c(O)c1)C1=C(C[C@H](c3ccc(O)cc3)CC1=O)N2. The first-order valence-electron chi connectivity index (χ1n) is 11.9. The predicted molar refractivity (Wildman–Crippen MR) is 136 cm³/mol. The van der Waals surface area contributed by atoms with E-state index in [1.165, 1.54) is 12.1 Å². The number of aromatic nitrogens is 2. The molecule has 0 unspecified atom stereocenters. The van der Waals surface area contributed by atoms with Gasteiger partial charge in [-0.25, -0.2) is 4.68 Å². The van der Waals surface area contributed by atoms with Gasteiger partial charge in [0.05, 0.1) is 11.4 Å². The molecular weight excluding hydrogens is 454 g/mol. The molecule has 2 atom stereocenters. The number of rotatable bonds is 3. The van der Waals surface area contributed by atoms with Crippen molar-refractivity contribution >= 4 is 11.6 Å². The van der Waals surface area contributed by atoms with E-state index in [4.69, 9.17) is 5.10 Å². The van der Waals surface area contributed by atoms with Gasteiger partial charge in [0, 0.05) is 29.2 Å². The molecule has 6 rings (SSSR count). The van der Waals surface area contributed by atoms with Gasteiger partial charge in [0.1, 0.15) is 11.6 Å². The van der Waals surface area contributed by atoms with Gasteiger partial charge in [0.2, 0.25) is 0 Å². The van der Waals surface area contributed by atoms with Gasteiger partial charge in [-0.2, -0.15) is 5.10 Å². The summed E-state index contributed by atoms with van der Waals surface area (Å²) >= 11 is 0. The minimum atomic E-state index is -0.437. The van der Waals surface area contributed by atoms with Crippen molar-refractivity contribution in [3.63, 3.8) is 0 Å². The number of phenolic OH excluding ortho intramolecular Hbond substituents is 3. The molecule has 1 aliphatic carbocycles. The van der Waals surface area contributed by atoms with Crippen molar-refractivity contribution in [1.29, 1.82) is 0 Å². The van der Waals surface area contributed by atoms with Crippen LogP contribution in [0.25, 0.3) is 5.69 Å². The second kappa shape index (κ2) is 8.30. The molecule has 0 bridgehead atoms. The van der Waals surface area contributed by atoms with Crippen LogP contribution in [-0.4, -0.2) is 30.9 Å². The Morgan fingerprint density at radius 1 is 0.889 bits per heavy atom. The highest BCUT2D eigenvalue weighted by molar-refractivity contribution is 6.01. The Morgan fingerprint density at radius 2 is 1.61 bits per heavy atom. The van der Waals surface area contributed by atoms with Crippen molar-refractivity contribution in [3.05, 3.63) is 106 Å². The number of ketones is 1. The van der Waals surface area contributed by atoms with Crippen LogP contribution in [-0.2, 0) is 4.79 Å². The number of nitrogens with one attached hydrogen (secondary N) is 1. The maximum atomic E-state index is 13.7. The van der Waals surface area contributed by atoms with Crippen molar-refractivity contribution < 1.29 is 20.1 Å². The molecule has 1 aromatic heterocycles. The van der Waals surface area contributed by atoms with Crippen LogP contribution in [0, 0.1) is 6.92 Å². The summed E-state index contributed by atoms with van der Waals surface area (Å²) in [5.74, 6) is 0.0958. The van der Waals surface area contributed by atoms with Crippen molar-refractivity contribution in [2.45, 2.75) is 31.6 Å². The molecule has 4 N–H and O–H groups in total. The average molecular weight is 480 g/mol. The summed E-state index contributed by atoms with van der Waals surface area (Å²) < 4.78 is 1.86. The lowest BCUT2D eigenvalue weighted by Crippen LogP contribution is -2.30. The van der Waals surface area contributed by atoms with Gasteiger partial charge in [0.15, 0.2) is 17.3 Å². The number of allylic oxidation sites excluding steroid dienone is 2. The molecule has 0 fully saturated rings. The van der Waals surface area contributed by atoms with Crippen LogP contribution in [0.2, 0.25) is 0 Å². The van der Waals surface area contributed by atoms with Crippen molar-refractivity contribution in [2.24, 2.45) is 0 Å². The molecule has 7 nitrogen and oxygen atoms in total. The maximum absolute atomic E-state index is 13.7. The van der Waals surface area contributed by atoms with E-state index in [1.54, 1.807) is 18.2 Å². The fourth-order valence-corrected chi connectivity index (χ4v) is 5.47. The number of anilines is 1. The fourth-order valence-electron chi connectivity index (χ4n) is 5.47. The molecule has 3 aromatic carbocycles. The molecule has 0 saturated carbocycles. The third-order valence-corrected chi connectivity index (χ3v) is 7.16. The van der Waals surface area contributed by atoms with Crippen LogP contribution >= 0.6 is 0 Å². The van der Waals surface area contributed by atoms with Gasteiger partial charge in [-0.1, -0.05) is 36.4 Å². The molecule has 0 radical (unpaired) electrons. The number of aromatic hydroxyl groups is 3. The molecule has 180 valence electrons. The lowest BCUT2D eigenvalue weighted by atomic mass is 9.72. The highest BCUT2D eigenvalue weighted by Gasteiger charge is 2.41. The molecule has 0 amide bonds. The van der Waals surface area contributed by atoms with Crippen LogP contribution in [0.5, 0.6) is 17.2 Å². The van der Waals surface area contributed by atoms with E-state index < -0.39 is 5.92 Å². The van der Waals surface area contributed by atoms with Crippen LogP contribution in [0.3, 0.4) is 0 Å². The number of benzene rings is 3. The van der Waals surface area contributed by atoms with Crippen molar-refractivity contribution in [1.82, 2.24) is 9.78 Å². The zero-order valence-electron chi connectivity index (χ0n) is 19.6. The molecule has 2 aliphatic rings. The van der Waals surface area contributed by atoms with E-state index in [1.807, 2.05) is 54.1 Å². The van der Waals surface area contributed by atoms with E-state index in [-0.39, 0.29) is 28.9 Å². The second-order valence-corrected chi connectivity index (χ2v) is 9.41. The van der Waals surface area contributed by atoms with E-state index in [0.29, 0.717) is 24.0 Å². The zero-order chi connectivity index (χ0) is 25.0. The molecule has 0 saturated heterocycles. The number of fused-ring (bicyclic) bond motifs is 1.